The first-order valence-electron chi connectivity index (χ1n) is 6.50. The number of aromatic nitrogens is 2. The van der Waals surface area contributed by atoms with Crippen LogP contribution in [0.5, 0.6) is 0 Å². The van der Waals surface area contributed by atoms with Crippen molar-refractivity contribution in [3.8, 4) is 5.69 Å². The maximum Gasteiger partial charge on any atom is 0.139 e. The van der Waals surface area contributed by atoms with E-state index in [1.807, 2.05) is 47.3 Å². The van der Waals surface area contributed by atoms with Crippen molar-refractivity contribution in [2.45, 2.75) is 6.54 Å². The number of anilines is 1. The predicted molar refractivity (Wildman–Crippen MR) is 85.0 cm³/mol. The van der Waals surface area contributed by atoms with Gasteiger partial charge in [-0.15, -0.1) is 0 Å². The predicted octanol–water partition coefficient (Wildman–Crippen LogP) is 4.39. The number of para-hydroxylation sites is 1. The van der Waals surface area contributed by atoms with Gasteiger partial charge in [0.05, 0.1) is 16.4 Å². The summed E-state index contributed by atoms with van der Waals surface area (Å²) in [4.78, 5) is 0. The minimum atomic E-state index is -0.278. The highest BCUT2D eigenvalue weighted by molar-refractivity contribution is 9.10. The average Bonchev–Trinajstić information content (AvgIpc) is 2.98. The van der Waals surface area contributed by atoms with E-state index in [0.717, 1.165) is 16.9 Å². The van der Waals surface area contributed by atoms with E-state index in [0.29, 0.717) is 11.0 Å². The molecule has 0 saturated heterocycles. The van der Waals surface area contributed by atoms with Gasteiger partial charge in [-0.25, -0.2) is 9.07 Å². The summed E-state index contributed by atoms with van der Waals surface area (Å²) in [6.07, 6.45) is 3.76. The molecule has 0 amide bonds. The lowest BCUT2D eigenvalue weighted by molar-refractivity contribution is 0.621. The van der Waals surface area contributed by atoms with Gasteiger partial charge >= 0.3 is 0 Å². The molecule has 1 N–H and O–H groups in total. The Morgan fingerprint density at radius 1 is 1.14 bits per heavy atom. The topological polar surface area (TPSA) is 29.9 Å². The van der Waals surface area contributed by atoms with E-state index in [9.17, 15) is 4.39 Å². The van der Waals surface area contributed by atoms with Crippen molar-refractivity contribution in [2.75, 3.05) is 5.32 Å². The first-order valence-corrected chi connectivity index (χ1v) is 7.29. The Labute approximate surface area is 130 Å². The van der Waals surface area contributed by atoms with Crippen LogP contribution in [0.4, 0.5) is 10.1 Å². The van der Waals surface area contributed by atoms with Gasteiger partial charge in [-0.2, -0.15) is 5.10 Å². The molecule has 2 aromatic carbocycles. The van der Waals surface area contributed by atoms with Gasteiger partial charge in [-0.1, -0.05) is 18.2 Å². The fourth-order valence-electron chi connectivity index (χ4n) is 1.98. The summed E-state index contributed by atoms with van der Waals surface area (Å²) in [5.41, 5.74) is 2.78. The molecule has 3 aromatic rings. The molecule has 0 aliphatic carbocycles. The van der Waals surface area contributed by atoms with Crippen molar-refractivity contribution in [2.24, 2.45) is 0 Å². The van der Waals surface area contributed by atoms with E-state index in [1.54, 1.807) is 12.3 Å². The monoisotopic (exact) mass is 345 g/mol. The molecule has 21 heavy (non-hydrogen) atoms. The average molecular weight is 346 g/mol. The highest BCUT2D eigenvalue weighted by atomic mass is 79.9. The summed E-state index contributed by atoms with van der Waals surface area (Å²) in [6.45, 7) is 0.591. The van der Waals surface area contributed by atoms with Gasteiger partial charge in [-0.3, -0.25) is 0 Å². The van der Waals surface area contributed by atoms with Crippen molar-refractivity contribution >= 4 is 21.6 Å². The standard InChI is InChI=1S/C16H13BrFN3/c17-15-7-6-13(8-16(15)18)19-9-12-10-20-21(11-12)14-4-2-1-3-5-14/h1-8,10-11,19H,9H2. The smallest absolute Gasteiger partial charge is 0.139 e. The molecule has 0 unspecified atom stereocenters. The lowest BCUT2D eigenvalue weighted by Gasteiger charge is -2.05. The van der Waals surface area contributed by atoms with Crippen molar-refractivity contribution in [1.29, 1.82) is 0 Å². The number of halogens is 2. The second-order valence-corrected chi connectivity index (χ2v) is 5.47. The van der Waals surface area contributed by atoms with Crippen LogP contribution < -0.4 is 5.32 Å². The molecule has 3 rings (SSSR count). The summed E-state index contributed by atoms with van der Waals surface area (Å²) in [6, 6.07) is 14.9. The largest absolute Gasteiger partial charge is 0.381 e. The maximum atomic E-state index is 13.4. The molecule has 0 atom stereocenters. The van der Waals surface area contributed by atoms with Crippen LogP contribution in [0.1, 0.15) is 5.56 Å². The number of nitrogens with zero attached hydrogens (tertiary/aromatic N) is 2. The molecule has 0 bridgehead atoms. The molecule has 0 fully saturated rings. The number of hydrogen-bond donors (Lipinski definition) is 1. The third-order valence-corrected chi connectivity index (χ3v) is 3.72. The zero-order valence-corrected chi connectivity index (χ0v) is 12.7. The van der Waals surface area contributed by atoms with Crippen molar-refractivity contribution in [3.05, 3.63) is 76.8 Å². The van der Waals surface area contributed by atoms with E-state index >= 15 is 0 Å². The van der Waals surface area contributed by atoms with Crippen molar-refractivity contribution < 1.29 is 4.39 Å². The maximum absolute atomic E-state index is 13.4. The van der Waals surface area contributed by atoms with E-state index in [4.69, 9.17) is 0 Å². The molecular formula is C16H13BrFN3. The van der Waals surface area contributed by atoms with Gasteiger partial charge in [-0.05, 0) is 46.3 Å². The Morgan fingerprint density at radius 2 is 1.95 bits per heavy atom. The van der Waals surface area contributed by atoms with Crippen LogP contribution in [0.15, 0.2) is 65.4 Å². The van der Waals surface area contributed by atoms with Gasteiger partial charge in [0.25, 0.3) is 0 Å². The van der Waals surface area contributed by atoms with Gasteiger partial charge in [0.15, 0.2) is 0 Å². The van der Waals surface area contributed by atoms with Gasteiger partial charge in [0.1, 0.15) is 5.82 Å². The quantitative estimate of drug-likeness (QED) is 0.760. The molecule has 0 saturated carbocycles. The zero-order valence-electron chi connectivity index (χ0n) is 11.1. The molecule has 5 heteroatoms. The normalized spacial score (nSPS) is 10.6. The minimum Gasteiger partial charge on any atom is -0.381 e. The van der Waals surface area contributed by atoms with E-state index < -0.39 is 0 Å². The Bertz CT molecular complexity index is 740. The first kappa shape index (κ1) is 13.8. The first-order chi connectivity index (χ1) is 10.2. The van der Waals surface area contributed by atoms with E-state index in [1.165, 1.54) is 6.07 Å². The van der Waals surface area contributed by atoms with Crippen LogP contribution in [0, 0.1) is 5.82 Å². The van der Waals surface area contributed by atoms with Crippen LogP contribution in [0.25, 0.3) is 5.69 Å². The van der Waals surface area contributed by atoms with Crippen LogP contribution >= 0.6 is 15.9 Å². The second kappa shape index (κ2) is 6.10. The Hall–Kier alpha value is -2.14. The molecule has 1 heterocycles. The third-order valence-electron chi connectivity index (χ3n) is 3.07. The van der Waals surface area contributed by atoms with E-state index in [2.05, 4.69) is 26.3 Å². The summed E-state index contributed by atoms with van der Waals surface area (Å²) >= 11 is 3.14. The van der Waals surface area contributed by atoms with Crippen LogP contribution in [-0.4, -0.2) is 9.78 Å². The SMILES string of the molecule is Fc1cc(NCc2cnn(-c3ccccc3)c2)ccc1Br. The number of benzene rings is 2. The highest BCUT2D eigenvalue weighted by Crippen LogP contribution is 2.19. The second-order valence-electron chi connectivity index (χ2n) is 4.61. The summed E-state index contributed by atoms with van der Waals surface area (Å²) in [5, 5.41) is 7.51. The number of rotatable bonds is 4. The van der Waals surface area contributed by atoms with Crippen LogP contribution in [0.2, 0.25) is 0 Å². The highest BCUT2D eigenvalue weighted by Gasteiger charge is 2.03. The number of nitrogens with one attached hydrogen (secondary N) is 1. The Kier molecular flexibility index (Phi) is 4.01. The molecule has 0 aliphatic rings. The van der Waals surface area contributed by atoms with E-state index in [-0.39, 0.29) is 5.82 Å². The van der Waals surface area contributed by atoms with Gasteiger partial charge in [0, 0.05) is 24.0 Å². The summed E-state index contributed by atoms with van der Waals surface area (Å²) in [7, 11) is 0. The molecule has 0 radical (unpaired) electrons. The molecule has 0 aliphatic heterocycles. The molecule has 3 nitrogen and oxygen atoms in total. The van der Waals surface area contributed by atoms with Crippen LogP contribution in [-0.2, 0) is 6.54 Å². The Balaban J connectivity index is 1.69. The third kappa shape index (κ3) is 3.31. The van der Waals surface area contributed by atoms with Gasteiger partial charge < -0.3 is 5.32 Å². The molecular weight excluding hydrogens is 333 g/mol. The number of hydrogen-bond acceptors (Lipinski definition) is 2. The summed E-state index contributed by atoms with van der Waals surface area (Å²) in [5.74, 6) is -0.278. The lowest BCUT2D eigenvalue weighted by atomic mass is 10.3. The molecule has 1 aromatic heterocycles. The van der Waals surface area contributed by atoms with Gasteiger partial charge in [0.2, 0.25) is 0 Å². The fraction of sp³-hybridized carbons (Fsp3) is 0.0625. The molecule has 106 valence electrons. The fourth-order valence-corrected chi connectivity index (χ4v) is 2.23. The molecule has 0 spiro atoms. The van der Waals surface area contributed by atoms with Crippen molar-refractivity contribution in [3.63, 3.8) is 0 Å². The zero-order chi connectivity index (χ0) is 14.7. The summed E-state index contributed by atoms with van der Waals surface area (Å²) < 4.78 is 15.7. The Morgan fingerprint density at radius 3 is 2.71 bits per heavy atom. The minimum absolute atomic E-state index is 0.278. The lowest BCUT2D eigenvalue weighted by Crippen LogP contribution is -1.99. The van der Waals surface area contributed by atoms with Crippen LogP contribution in [0.3, 0.4) is 0 Å². The van der Waals surface area contributed by atoms with Crippen molar-refractivity contribution in [1.82, 2.24) is 9.78 Å².